The van der Waals surface area contributed by atoms with E-state index >= 15 is 0 Å². The fourth-order valence-electron chi connectivity index (χ4n) is 4.03. The Morgan fingerprint density at radius 2 is 1.61 bits per heavy atom. The van der Waals surface area contributed by atoms with E-state index in [1.807, 2.05) is 132 Å². The fraction of sp³-hybridized carbons (Fsp3) is 0.286. The Morgan fingerprint density at radius 1 is 1.00 bits per heavy atom. The van der Waals surface area contributed by atoms with Crippen LogP contribution in [0.4, 0.5) is 28.4 Å². The van der Waals surface area contributed by atoms with Gasteiger partial charge in [0.25, 0.3) is 5.91 Å². The van der Waals surface area contributed by atoms with Crippen LogP contribution in [0.25, 0.3) is 10.9 Å². The maximum atomic E-state index is 12.9. The van der Waals surface area contributed by atoms with Gasteiger partial charge < -0.3 is 20.9 Å². The minimum atomic E-state index is -0.149. The van der Waals surface area contributed by atoms with E-state index in [1.165, 1.54) is 11.0 Å². The summed E-state index contributed by atoms with van der Waals surface area (Å²) in [4.78, 5) is 18.3. The van der Waals surface area contributed by atoms with Gasteiger partial charge in [0.1, 0.15) is 7.05 Å². The molecular weight excluding hydrogens is 588 g/mol. The van der Waals surface area contributed by atoms with Crippen LogP contribution in [0.2, 0.25) is 0 Å². The van der Waals surface area contributed by atoms with Crippen molar-refractivity contribution < 1.29 is 14.3 Å². The van der Waals surface area contributed by atoms with Crippen LogP contribution in [0.5, 0.6) is 0 Å². The predicted octanol–water partition coefficient (Wildman–Crippen LogP) is 8.40. The van der Waals surface area contributed by atoms with Gasteiger partial charge in [-0.15, -0.1) is 0 Å². The molecule has 2 aromatic heterocycles. The van der Waals surface area contributed by atoms with Crippen LogP contribution in [-0.4, -0.2) is 32.3 Å². The highest BCUT2D eigenvalue weighted by Crippen LogP contribution is 2.28. The monoisotopic (exact) mass is 636 g/mol. The summed E-state index contributed by atoms with van der Waals surface area (Å²) in [5.74, 6) is -0.149. The molecule has 9 heteroatoms. The summed E-state index contributed by atoms with van der Waals surface area (Å²) in [6, 6.07) is 20.2. The third-order valence-electron chi connectivity index (χ3n) is 6.23. The second kappa shape index (κ2) is 20.0. The minimum Gasteiger partial charge on any atom is -0.379 e. The summed E-state index contributed by atoms with van der Waals surface area (Å²) >= 11 is 0. The highest BCUT2D eigenvalue weighted by atomic mass is 35.7. The number of carbonyl (C=O) groups excluding carboxylic acids is 1. The first kappa shape index (κ1) is 38.0. The quantitative estimate of drug-likeness (QED) is 0.0977. The van der Waals surface area contributed by atoms with Gasteiger partial charge in [0, 0.05) is 72.7 Å². The van der Waals surface area contributed by atoms with E-state index in [1.54, 1.807) is 0 Å². The number of aryl methyl sites for hydroxylation is 1. The van der Waals surface area contributed by atoms with Crippen molar-refractivity contribution in [2.24, 2.45) is 7.05 Å². The lowest BCUT2D eigenvalue weighted by molar-refractivity contribution is -0.671. The molecule has 0 aliphatic carbocycles. The molecular formula is C35H49ClN6OS+2. The number of benzene rings is 2. The average molecular weight is 637 g/mol. The van der Waals surface area contributed by atoms with Crippen molar-refractivity contribution in [2.75, 3.05) is 41.2 Å². The molecule has 236 valence electrons. The van der Waals surface area contributed by atoms with Crippen molar-refractivity contribution in [1.82, 2.24) is 0 Å². The first-order chi connectivity index (χ1) is 20.7. The molecule has 4 aromatic rings. The van der Waals surface area contributed by atoms with Crippen LogP contribution >= 0.6 is 21.7 Å². The van der Waals surface area contributed by atoms with Crippen LogP contribution in [0.15, 0.2) is 103 Å². The number of nitrogens with zero attached hydrogens (tertiary/aromatic N) is 2. The average Bonchev–Trinajstić information content (AvgIpc) is 3.01. The first-order valence-electron chi connectivity index (χ1n) is 14.2. The Morgan fingerprint density at radius 3 is 2.20 bits per heavy atom. The third-order valence-corrected chi connectivity index (χ3v) is 6.23. The van der Waals surface area contributed by atoms with Crippen LogP contribution < -0.4 is 30.4 Å². The number of hydrogen-bond acceptors (Lipinski definition) is 5. The number of carbonyl (C=O) groups is 1. The van der Waals surface area contributed by atoms with E-state index < -0.39 is 0 Å². The maximum absolute atomic E-state index is 12.9. The van der Waals surface area contributed by atoms with E-state index in [2.05, 4.69) is 51.0 Å². The number of nitrogens with one attached hydrogen (secondary N) is 4. The lowest BCUT2D eigenvalue weighted by Crippen LogP contribution is -2.26. The van der Waals surface area contributed by atoms with Gasteiger partial charge in [0.2, 0.25) is 5.52 Å². The summed E-state index contributed by atoms with van der Waals surface area (Å²) in [6.07, 6.45) is 13.4. The fourth-order valence-corrected chi connectivity index (χ4v) is 4.03. The standard InChI is InChI=1S/C31H34N6O.C2H6.CH3ClS.CH4/c1-6-23(8-7-22(2)33-26-16-19-37(5)20-17-26)31(38)35-25-11-9-24(10-12-25)34-30-15-18-32-29-14-13-27(36(3)4)21-28(29)30;1-2;1-3-2;/h6-22H,1-5H3,(H2,32,34,35,38);1-2H3;1H3;1H4/p+2/b8-7-,23-6+;;;. The zero-order chi connectivity index (χ0) is 31.8. The molecule has 1 unspecified atom stereocenters. The number of H-pyrrole nitrogens is 1. The van der Waals surface area contributed by atoms with Gasteiger partial charge in [0.05, 0.1) is 11.1 Å². The topological polar surface area (TPSA) is 74.4 Å². The Labute approximate surface area is 272 Å². The third kappa shape index (κ3) is 11.9. The molecule has 0 aliphatic heterocycles. The molecule has 0 saturated heterocycles. The maximum Gasteiger partial charge on any atom is 0.255 e. The van der Waals surface area contributed by atoms with E-state index in [9.17, 15) is 4.79 Å². The number of amides is 1. The molecule has 2 aromatic carbocycles. The first-order valence-corrected chi connectivity index (χ1v) is 16.3. The lowest BCUT2D eigenvalue weighted by Gasteiger charge is -2.14. The molecule has 0 radical (unpaired) electrons. The van der Waals surface area contributed by atoms with Gasteiger partial charge in [-0.25, -0.2) is 9.55 Å². The summed E-state index contributed by atoms with van der Waals surface area (Å²) in [7, 11) is 12.2. The second-order valence-corrected chi connectivity index (χ2v) is 10.8. The number of fused-ring (bicyclic) bond motifs is 1. The Bertz CT molecular complexity index is 1490. The highest BCUT2D eigenvalue weighted by molar-refractivity contribution is 8.20. The van der Waals surface area contributed by atoms with Crippen molar-refractivity contribution >= 4 is 66.9 Å². The van der Waals surface area contributed by atoms with Crippen LogP contribution in [-0.2, 0) is 11.8 Å². The number of allylic oxidation sites excluding steroid dienone is 1. The number of aromatic nitrogens is 2. The molecule has 0 bridgehead atoms. The zero-order valence-electron chi connectivity index (χ0n) is 26.4. The van der Waals surface area contributed by atoms with Crippen LogP contribution in [0.3, 0.4) is 0 Å². The molecule has 2 heterocycles. The van der Waals surface area contributed by atoms with Gasteiger partial charge in [-0.2, -0.15) is 0 Å². The van der Waals surface area contributed by atoms with Crippen LogP contribution in [0.1, 0.15) is 35.1 Å². The molecule has 1 atom stereocenters. The van der Waals surface area contributed by atoms with Gasteiger partial charge in [0.15, 0.2) is 18.6 Å². The second-order valence-electron chi connectivity index (χ2n) is 9.61. The van der Waals surface area contributed by atoms with E-state index in [4.69, 9.17) is 10.7 Å². The van der Waals surface area contributed by atoms with Crippen molar-refractivity contribution in [3.63, 3.8) is 0 Å². The summed E-state index contributed by atoms with van der Waals surface area (Å²) in [6.45, 7) is 7.92. The summed E-state index contributed by atoms with van der Waals surface area (Å²) in [5, 5.41) is 11.0. The summed E-state index contributed by atoms with van der Waals surface area (Å²) in [5.41, 5.74) is 6.49. The van der Waals surface area contributed by atoms with Gasteiger partial charge in [-0.05, 0) is 67.2 Å². The number of rotatable bonds is 9. The number of anilines is 5. The van der Waals surface area contributed by atoms with Crippen molar-refractivity contribution in [1.29, 1.82) is 0 Å². The Balaban J connectivity index is 0.00000152. The lowest BCUT2D eigenvalue weighted by atomic mass is 10.1. The molecule has 4 N–H and O–H groups in total. The molecule has 0 aliphatic rings. The molecule has 0 saturated carbocycles. The number of hydrogen-bond donors (Lipinski definition) is 3. The number of aromatic amines is 1. The largest absolute Gasteiger partial charge is 0.379 e. The smallest absolute Gasteiger partial charge is 0.255 e. The van der Waals surface area contributed by atoms with Gasteiger partial charge >= 0.3 is 0 Å². The molecule has 4 rings (SSSR count). The zero-order valence-corrected chi connectivity index (χ0v) is 28.0. The summed E-state index contributed by atoms with van der Waals surface area (Å²) < 4.78 is 1.99. The molecule has 7 nitrogen and oxygen atoms in total. The van der Waals surface area contributed by atoms with Crippen LogP contribution in [0, 0.1) is 0 Å². The SMILES string of the molecule is C.C/C=C(\C=C/C(C)Nc1cc[n+](C)cc1)C(=O)Nc1ccc(Nc2cc[nH+]c3ccc(N(C)C)cc23)cc1.CC.CSCl. The van der Waals surface area contributed by atoms with E-state index in [0.29, 0.717) is 5.57 Å². The normalized spacial score (nSPS) is 11.2. The molecule has 0 spiro atoms. The number of pyridine rings is 2. The van der Waals surface area contributed by atoms with Crippen molar-refractivity contribution in [3.05, 3.63) is 103 Å². The molecule has 44 heavy (non-hydrogen) atoms. The van der Waals surface area contributed by atoms with Gasteiger partial charge in [-0.1, -0.05) is 50.5 Å². The van der Waals surface area contributed by atoms with Crippen molar-refractivity contribution in [3.8, 4) is 0 Å². The van der Waals surface area contributed by atoms with E-state index in [0.717, 1.165) is 39.3 Å². The molecule has 1 amide bonds. The highest BCUT2D eigenvalue weighted by Gasteiger charge is 2.10. The Hall–Kier alpha value is -4.01. The molecule has 0 fully saturated rings. The predicted molar refractivity (Wildman–Crippen MR) is 194 cm³/mol. The van der Waals surface area contributed by atoms with Gasteiger partial charge in [-0.3, -0.25) is 4.79 Å². The van der Waals surface area contributed by atoms with Crippen molar-refractivity contribution in [2.45, 2.75) is 41.2 Å². The van der Waals surface area contributed by atoms with E-state index in [-0.39, 0.29) is 19.4 Å². The Kier molecular flexibility index (Phi) is 17.3. The number of halogens is 1. The minimum absolute atomic E-state index is 0.